The number of nitriles is 1. The van der Waals surface area contributed by atoms with Crippen LogP contribution in [0.2, 0.25) is 0 Å². The highest BCUT2D eigenvalue weighted by Gasteiger charge is 2.17. The van der Waals surface area contributed by atoms with Crippen molar-refractivity contribution in [2.75, 3.05) is 0 Å². The molecule has 2 aromatic heterocycles. The second kappa shape index (κ2) is 6.43. The molecule has 0 aliphatic rings. The predicted octanol–water partition coefficient (Wildman–Crippen LogP) is 3.59. The maximum absolute atomic E-state index is 10.8. The summed E-state index contributed by atoms with van der Waals surface area (Å²) in [6.07, 6.45) is 6.04. The number of benzene rings is 2. The average molecular weight is 340 g/mol. The van der Waals surface area contributed by atoms with Crippen molar-refractivity contribution in [2.24, 2.45) is 7.05 Å². The van der Waals surface area contributed by atoms with Crippen molar-refractivity contribution in [2.45, 2.75) is 6.10 Å². The third-order valence-electron chi connectivity index (χ3n) is 4.57. The summed E-state index contributed by atoms with van der Waals surface area (Å²) in [6.45, 7) is 0. The van der Waals surface area contributed by atoms with E-state index in [0.717, 1.165) is 21.9 Å². The normalized spacial score (nSPS) is 12.0. The zero-order valence-electron chi connectivity index (χ0n) is 14.2. The largest absolute Gasteiger partial charge is 0.382 e. The highest BCUT2D eigenvalue weighted by molar-refractivity contribution is 5.97. The third kappa shape index (κ3) is 2.63. The average Bonchev–Trinajstić information content (AvgIpc) is 3.12. The van der Waals surface area contributed by atoms with Crippen LogP contribution in [0.25, 0.3) is 21.9 Å². The molecule has 0 radical (unpaired) electrons. The van der Waals surface area contributed by atoms with Crippen molar-refractivity contribution < 1.29 is 5.11 Å². The monoisotopic (exact) mass is 340 g/mol. The molecule has 5 heteroatoms. The van der Waals surface area contributed by atoms with Crippen LogP contribution in [0.4, 0.5) is 0 Å². The van der Waals surface area contributed by atoms with Gasteiger partial charge in [0.25, 0.3) is 0 Å². The molecule has 0 spiro atoms. The van der Waals surface area contributed by atoms with Crippen molar-refractivity contribution in [3.8, 4) is 17.2 Å². The molecular formula is C21H16N4O. The number of pyridine rings is 1. The molecule has 0 aliphatic carbocycles. The molecule has 2 aromatic carbocycles. The van der Waals surface area contributed by atoms with Crippen LogP contribution in [0.1, 0.15) is 22.9 Å². The number of aliphatic hydroxyl groups excluding tert-OH is 1. The molecule has 0 fully saturated rings. The number of aryl methyl sites for hydroxylation is 1. The fraction of sp³-hybridized carbons (Fsp3) is 0.0952. The van der Waals surface area contributed by atoms with E-state index in [9.17, 15) is 10.4 Å². The van der Waals surface area contributed by atoms with Crippen molar-refractivity contribution in [1.82, 2.24) is 14.5 Å². The van der Waals surface area contributed by atoms with Gasteiger partial charge in [-0.3, -0.25) is 4.98 Å². The Balaban J connectivity index is 1.91. The number of fused-ring (bicyclic) bond motifs is 1. The van der Waals surface area contributed by atoms with Crippen molar-refractivity contribution in [1.29, 1.82) is 5.26 Å². The highest BCUT2D eigenvalue weighted by Crippen LogP contribution is 2.33. The van der Waals surface area contributed by atoms with E-state index >= 15 is 0 Å². The molecule has 0 amide bonds. The maximum Gasteiger partial charge on any atom is 0.121 e. The zero-order chi connectivity index (χ0) is 18.1. The van der Waals surface area contributed by atoms with Crippen LogP contribution in [-0.4, -0.2) is 19.6 Å². The predicted molar refractivity (Wildman–Crippen MR) is 99.2 cm³/mol. The molecule has 26 heavy (non-hydrogen) atoms. The lowest BCUT2D eigenvalue weighted by molar-refractivity contribution is 0.211. The van der Waals surface area contributed by atoms with Crippen LogP contribution in [0.15, 0.2) is 67.4 Å². The quantitative estimate of drug-likeness (QED) is 0.618. The molecule has 4 aromatic rings. The smallest absolute Gasteiger partial charge is 0.121 e. The minimum atomic E-state index is -0.822. The Hall–Kier alpha value is -3.49. The molecule has 1 N–H and O–H groups in total. The Morgan fingerprint density at radius 2 is 1.88 bits per heavy atom. The van der Waals surface area contributed by atoms with E-state index in [1.165, 1.54) is 0 Å². The molecule has 1 unspecified atom stereocenters. The first kappa shape index (κ1) is 16.0. The Morgan fingerprint density at radius 1 is 1.04 bits per heavy atom. The summed E-state index contributed by atoms with van der Waals surface area (Å²) in [6, 6.07) is 15.6. The van der Waals surface area contributed by atoms with Gasteiger partial charge >= 0.3 is 0 Å². The van der Waals surface area contributed by atoms with Crippen LogP contribution >= 0.6 is 0 Å². The second-order valence-corrected chi connectivity index (χ2v) is 6.16. The number of hydrogen-bond donors (Lipinski definition) is 1. The van der Waals surface area contributed by atoms with Gasteiger partial charge < -0.3 is 9.67 Å². The minimum Gasteiger partial charge on any atom is -0.382 e. The second-order valence-electron chi connectivity index (χ2n) is 6.16. The van der Waals surface area contributed by atoms with E-state index in [4.69, 9.17) is 0 Å². The molecule has 4 rings (SSSR count). The summed E-state index contributed by atoms with van der Waals surface area (Å²) < 4.78 is 1.78. The maximum atomic E-state index is 10.8. The zero-order valence-corrected chi connectivity index (χ0v) is 14.2. The van der Waals surface area contributed by atoms with Gasteiger partial charge in [-0.2, -0.15) is 5.26 Å². The first-order valence-electron chi connectivity index (χ1n) is 8.20. The Morgan fingerprint density at radius 3 is 2.65 bits per heavy atom. The number of aromatic nitrogens is 3. The van der Waals surface area contributed by atoms with Gasteiger partial charge in [0.2, 0.25) is 0 Å². The Labute approximate surface area is 150 Å². The lowest BCUT2D eigenvalue weighted by atomic mass is 9.93. The van der Waals surface area contributed by atoms with Gasteiger partial charge in [-0.1, -0.05) is 30.3 Å². The number of nitrogens with zero attached hydrogens (tertiary/aromatic N) is 4. The van der Waals surface area contributed by atoms with Crippen molar-refractivity contribution in [3.05, 3.63) is 84.2 Å². The Kier molecular flexibility index (Phi) is 3.96. The Bertz CT molecular complexity index is 1130. The van der Waals surface area contributed by atoms with Crippen LogP contribution in [0.3, 0.4) is 0 Å². The van der Waals surface area contributed by atoms with Crippen LogP contribution < -0.4 is 0 Å². The molecule has 0 saturated heterocycles. The van der Waals surface area contributed by atoms with E-state index in [0.29, 0.717) is 16.8 Å². The van der Waals surface area contributed by atoms with Gasteiger partial charge in [-0.05, 0) is 23.1 Å². The lowest BCUT2D eigenvalue weighted by Gasteiger charge is -2.15. The molecule has 0 saturated carbocycles. The van der Waals surface area contributed by atoms with Gasteiger partial charge in [0.05, 0.1) is 29.9 Å². The SMILES string of the molecule is Cn1cncc1C(O)c1ccc(C#N)c(-c2cncc3ccccc23)c1. The molecule has 2 heterocycles. The van der Waals surface area contributed by atoms with Crippen molar-refractivity contribution >= 4 is 10.8 Å². The molecule has 0 bridgehead atoms. The molecule has 1 atom stereocenters. The number of aliphatic hydroxyl groups is 1. The van der Waals surface area contributed by atoms with E-state index < -0.39 is 6.10 Å². The van der Waals surface area contributed by atoms with Gasteiger partial charge in [0.1, 0.15) is 6.10 Å². The first-order valence-corrected chi connectivity index (χ1v) is 8.20. The van der Waals surface area contributed by atoms with E-state index in [-0.39, 0.29) is 0 Å². The summed E-state index contributed by atoms with van der Waals surface area (Å²) >= 11 is 0. The molecular weight excluding hydrogens is 324 g/mol. The fourth-order valence-electron chi connectivity index (χ4n) is 3.19. The summed E-state index contributed by atoms with van der Waals surface area (Å²) in [5.74, 6) is 0. The van der Waals surface area contributed by atoms with Crippen LogP contribution in [0.5, 0.6) is 0 Å². The lowest BCUT2D eigenvalue weighted by Crippen LogP contribution is -2.05. The van der Waals surface area contributed by atoms with Crippen LogP contribution in [0, 0.1) is 11.3 Å². The van der Waals surface area contributed by atoms with E-state index in [1.807, 2.05) is 37.4 Å². The van der Waals surface area contributed by atoms with E-state index in [2.05, 4.69) is 16.0 Å². The minimum absolute atomic E-state index is 0.545. The van der Waals surface area contributed by atoms with Gasteiger partial charge in [0.15, 0.2) is 0 Å². The number of hydrogen-bond acceptors (Lipinski definition) is 4. The first-order chi connectivity index (χ1) is 12.7. The topological polar surface area (TPSA) is 74.7 Å². The summed E-state index contributed by atoms with van der Waals surface area (Å²) in [5, 5.41) is 22.3. The van der Waals surface area contributed by atoms with Crippen molar-refractivity contribution in [3.63, 3.8) is 0 Å². The molecule has 126 valence electrons. The standard InChI is InChI=1S/C21H16N4O/c1-25-13-24-12-20(25)21(26)14-6-7-15(9-22)18(8-14)19-11-23-10-16-4-2-3-5-17(16)19/h2-8,10-13,21,26H,1H3. The number of imidazole rings is 1. The molecule has 0 aliphatic heterocycles. The van der Waals surface area contributed by atoms with Gasteiger partial charge in [-0.15, -0.1) is 0 Å². The van der Waals surface area contributed by atoms with Gasteiger partial charge in [-0.25, -0.2) is 4.98 Å². The summed E-state index contributed by atoms with van der Waals surface area (Å²) in [4.78, 5) is 8.38. The third-order valence-corrected chi connectivity index (χ3v) is 4.57. The number of rotatable bonds is 3. The fourth-order valence-corrected chi connectivity index (χ4v) is 3.19. The van der Waals surface area contributed by atoms with Crippen LogP contribution in [-0.2, 0) is 7.05 Å². The molecule has 5 nitrogen and oxygen atoms in total. The summed E-state index contributed by atoms with van der Waals surface area (Å²) in [5.41, 5.74) is 3.57. The highest BCUT2D eigenvalue weighted by atomic mass is 16.3. The van der Waals surface area contributed by atoms with E-state index in [1.54, 1.807) is 41.6 Å². The summed E-state index contributed by atoms with van der Waals surface area (Å²) in [7, 11) is 1.84. The van der Waals surface area contributed by atoms with Gasteiger partial charge in [0, 0.05) is 36.0 Å².